The number of nitrogens with one attached hydrogen (secondary N) is 1. The molecule has 200 valence electrons. The summed E-state index contributed by atoms with van der Waals surface area (Å²) >= 11 is 0. The Morgan fingerprint density at radius 3 is 2.41 bits per heavy atom. The van der Waals surface area contributed by atoms with Crippen LogP contribution < -0.4 is 5.32 Å². The molecule has 0 bridgehead atoms. The molecule has 1 aromatic heterocycles. The second-order valence-corrected chi connectivity index (χ2v) is 12.8. The van der Waals surface area contributed by atoms with Gasteiger partial charge in [-0.15, -0.1) is 5.10 Å². The predicted molar refractivity (Wildman–Crippen MR) is 141 cm³/mol. The third kappa shape index (κ3) is 5.44. The Labute approximate surface area is 219 Å². The number of aliphatic hydroxyl groups is 1. The van der Waals surface area contributed by atoms with Crippen LogP contribution >= 0.6 is 0 Å². The lowest BCUT2D eigenvalue weighted by Crippen LogP contribution is -2.52. The maximum atomic E-state index is 13.9. The van der Waals surface area contributed by atoms with E-state index in [1.807, 2.05) is 33.0 Å². The Balaban J connectivity index is 1.26. The van der Waals surface area contributed by atoms with Gasteiger partial charge in [-0.1, -0.05) is 63.2 Å². The minimum Gasteiger partial charge on any atom is -0.391 e. The van der Waals surface area contributed by atoms with E-state index in [9.17, 15) is 14.7 Å². The lowest BCUT2D eigenvalue weighted by atomic mass is 9.69. The van der Waals surface area contributed by atoms with Gasteiger partial charge < -0.3 is 15.3 Å². The molecule has 1 saturated heterocycles. The fourth-order valence-corrected chi connectivity index (χ4v) is 6.15. The molecule has 8 nitrogen and oxygen atoms in total. The lowest BCUT2D eigenvalue weighted by molar-refractivity contribution is -0.144. The van der Waals surface area contributed by atoms with E-state index in [1.165, 1.54) is 5.56 Å². The van der Waals surface area contributed by atoms with Crippen molar-refractivity contribution in [2.75, 3.05) is 6.54 Å². The van der Waals surface area contributed by atoms with E-state index in [0.29, 0.717) is 5.92 Å². The van der Waals surface area contributed by atoms with Gasteiger partial charge in [0.25, 0.3) is 0 Å². The van der Waals surface area contributed by atoms with Gasteiger partial charge in [0.2, 0.25) is 11.8 Å². The third-order valence-corrected chi connectivity index (χ3v) is 8.61. The fraction of sp³-hybridized carbons (Fsp3) is 0.655. The van der Waals surface area contributed by atoms with E-state index in [-0.39, 0.29) is 36.2 Å². The lowest BCUT2D eigenvalue weighted by Gasteiger charge is -2.39. The van der Waals surface area contributed by atoms with Gasteiger partial charge in [-0.05, 0) is 54.9 Å². The number of amides is 2. The standard InChI is InChI=1S/C29H41N5O3/c1-28(2,3)25(34-18-23(31-32-34)19-10-11-19)27(37)33-17-22(35)16-24(33)26(36)30-21-12-14-29(4,15-13-21)20-8-6-5-7-9-20/h5-9,18-19,21-22,24-25,35H,10-17H2,1-4H3,(H,30,36)/t21?,22?,24?,25-,29?/m1/s1. The number of likely N-dealkylation sites (tertiary alicyclic amines) is 1. The molecular formula is C29H41N5O3. The van der Waals surface area contributed by atoms with Crippen molar-refractivity contribution in [3.63, 3.8) is 0 Å². The SMILES string of the molecule is CC1(c2ccccc2)CCC(NC(=O)C2CC(O)CN2C(=O)[C@@H](n2cc(C3CC3)nn2)C(C)(C)C)CC1. The molecule has 2 N–H and O–H groups in total. The third-order valence-electron chi connectivity index (χ3n) is 8.61. The molecule has 2 aliphatic carbocycles. The van der Waals surface area contributed by atoms with E-state index in [2.05, 4.69) is 46.8 Å². The highest BCUT2D eigenvalue weighted by Crippen LogP contribution is 2.41. The molecule has 0 radical (unpaired) electrons. The van der Waals surface area contributed by atoms with Crippen LogP contribution in [0.25, 0.3) is 0 Å². The van der Waals surface area contributed by atoms with Crippen LogP contribution in [0.1, 0.15) is 95.9 Å². The number of carbonyl (C=O) groups excluding carboxylic acids is 2. The molecule has 2 unspecified atom stereocenters. The average molecular weight is 508 g/mol. The van der Waals surface area contributed by atoms with E-state index in [4.69, 9.17) is 0 Å². The van der Waals surface area contributed by atoms with Gasteiger partial charge in [-0.3, -0.25) is 9.59 Å². The molecule has 3 fully saturated rings. The van der Waals surface area contributed by atoms with Crippen LogP contribution in [0.15, 0.2) is 36.5 Å². The van der Waals surface area contributed by atoms with Crippen LogP contribution in [0.2, 0.25) is 0 Å². The zero-order chi connectivity index (χ0) is 26.4. The smallest absolute Gasteiger partial charge is 0.248 e. The molecule has 3 atom stereocenters. The Hall–Kier alpha value is -2.74. The summed E-state index contributed by atoms with van der Waals surface area (Å²) in [6.07, 6.45) is 7.44. The number of nitrogens with zero attached hydrogens (tertiary/aromatic N) is 4. The number of β-amino-alcohol motifs (C(OH)–C–C–N with tert-alkyl or cyclic N) is 1. The molecule has 2 amide bonds. The number of hydrogen-bond donors (Lipinski definition) is 2. The highest BCUT2D eigenvalue weighted by Gasteiger charge is 2.46. The summed E-state index contributed by atoms with van der Waals surface area (Å²) in [7, 11) is 0. The summed E-state index contributed by atoms with van der Waals surface area (Å²) in [5.74, 6) is 0.0933. The van der Waals surface area contributed by atoms with E-state index in [0.717, 1.165) is 44.2 Å². The summed E-state index contributed by atoms with van der Waals surface area (Å²) in [5.41, 5.74) is 1.95. The van der Waals surface area contributed by atoms with E-state index < -0.39 is 23.6 Å². The summed E-state index contributed by atoms with van der Waals surface area (Å²) in [6.45, 7) is 8.47. The minimum atomic E-state index is -0.717. The Morgan fingerprint density at radius 2 is 1.78 bits per heavy atom. The van der Waals surface area contributed by atoms with Crippen molar-refractivity contribution in [3.05, 3.63) is 47.8 Å². The largest absolute Gasteiger partial charge is 0.391 e. The van der Waals surface area contributed by atoms with E-state index in [1.54, 1.807) is 9.58 Å². The Kier molecular flexibility index (Phi) is 6.90. The maximum Gasteiger partial charge on any atom is 0.248 e. The molecular weight excluding hydrogens is 466 g/mol. The highest BCUT2D eigenvalue weighted by molar-refractivity contribution is 5.90. The monoisotopic (exact) mass is 507 g/mol. The quantitative estimate of drug-likeness (QED) is 0.621. The van der Waals surface area contributed by atoms with Crippen LogP contribution in [-0.2, 0) is 15.0 Å². The normalized spacial score (nSPS) is 29.2. The molecule has 3 aliphatic rings. The minimum absolute atomic E-state index is 0.0776. The van der Waals surface area contributed by atoms with Gasteiger partial charge in [0.15, 0.2) is 0 Å². The van der Waals surface area contributed by atoms with Crippen LogP contribution in [0.3, 0.4) is 0 Å². The molecule has 2 saturated carbocycles. The number of carbonyl (C=O) groups is 2. The Morgan fingerprint density at radius 1 is 1.11 bits per heavy atom. The molecule has 8 heteroatoms. The van der Waals surface area contributed by atoms with Crippen LogP contribution in [0.4, 0.5) is 0 Å². The summed E-state index contributed by atoms with van der Waals surface area (Å²) in [6, 6.07) is 9.39. The zero-order valence-corrected chi connectivity index (χ0v) is 22.6. The maximum absolute atomic E-state index is 13.9. The first-order valence-corrected chi connectivity index (χ1v) is 13.8. The molecule has 1 aromatic carbocycles. The number of benzene rings is 1. The number of hydrogen-bond acceptors (Lipinski definition) is 5. The number of rotatable bonds is 6. The van der Waals surface area contributed by atoms with Crippen molar-refractivity contribution in [2.45, 2.75) is 108 Å². The highest BCUT2D eigenvalue weighted by atomic mass is 16.3. The molecule has 37 heavy (non-hydrogen) atoms. The van der Waals surface area contributed by atoms with Crippen molar-refractivity contribution in [3.8, 4) is 0 Å². The van der Waals surface area contributed by atoms with Gasteiger partial charge in [0, 0.05) is 31.1 Å². The zero-order valence-electron chi connectivity index (χ0n) is 22.6. The van der Waals surface area contributed by atoms with Gasteiger partial charge in [-0.2, -0.15) is 0 Å². The van der Waals surface area contributed by atoms with Crippen molar-refractivity contribution in [1.82, 2.24) is 25.2 Å². The van der Waals surface area contributed by atoms with Crippen molar-refractivity contribution in [1.29, 1.82) is 0 Å². The Bertz CT molecular complexity index is 1110. The number of aliphatic hydroxyl groups excluding tert-OH is 1. The summed E-state index contributed by atoms with van der Waals surface area (Å²) in [5, 5.41) is 22.4. The molecule has 5 rings (SSSR count). The van der Waals surface area contributed by atoms with Crippen molar-refractivity contribution in [2.24, 2.45) is 5.41 Å². The van der Waals surface area contributed by atoms with Crippen LogP contribution in [-0.4, -0.2) is 61.5 Å². The number of aromatic nitrogens is 3. The molecule has 2 heterocycles. The second-order valence-electron chi connectivity index (χ2n) is 12.8. The molecule has 2 aromatic rings. The van der Waals surface area contributed by atoms with Gasteiger partial charge >= 0.3 is 0 Å². The van der Waals surface area contributed by atoms with Gasteiger partial charge in [0.05, 0.1) is 11.8 Å². The summed E-state index contributed by atoms with van der Waals surface area (Å²) < 4.78 is 1.67. The summed E-state index contributed by atoms with van der Waals surface area (Å²) in [4.78, 5) is 29.0. The van der Waals surface area contributed by atoms with Gasteiger partial charge in [0.1, 0.15) is 12.1 Å². The van der Waals surface area contributed by atoms with Crippen LogP contribution in [0.5, 0.6) is 0 Å². The average Bonchev–Trinajstić information content (AvgIpc) is 3.47. The second kappa shape index (κ2) is 9.86. The first-order valence-electron chi connectivity index (χ1n) is 13.8. The van der Waals surface area contributed by atoms with E-state index >= 15 is 0 Å². The molecule has 0 spiro atoms. The fourth-order valence-electron chi connectivity index (χ4n) is 6.15. The van der Waals surface area contributed by atoms with Crippen molar-refractivity contribution >= 4 is 11.8 Å². The topological polar surface area (TPSA) is 100 Å². The van der Waals surface area contributed by atoms with Crippen LogP contribution in [0, 0.1) is 5.41 Å². The van der Waals surface area contributed by atoms with Gasteiger partial charge in [-0.25, -0.2) is 4.68 Å². The predicted octanol–water partition coefficient (Wildman–Crippen LogP) is 3.72. The first-order chi connectivity index (χ1) is 17.5. The first kappa shape index (κ1) is 25.9. The van der Waals surface area contributed by atoms with Crippen molar-refractivity contribution < 1.29 is 14.7 Å². The molecule has 1 aliphatic heterocycles.